The van der Waals surface area contributed by atoms with Crippen LogP contribution in [0, 0.1) is 6.92 Å². The van der Waals surface area contributed by atoms with Crippen molar-refractivity contribution in [1.82, 2.24) is 15.0 Å². The molecule has 5 heteroatoms. The van der Waals surface area contributed by atoms with E-state index in [-0.39, 0.29) is 5.91 Å². The molecule has 0 radical (unpaired) electrons. The molecule has 0 saturated carbocycles. The molecule has 3 rings (SSSR count). The number of hydrogen-bond donors (Lipinski definition) is 0. The topological polar surface area (TPSA) is 59.2 Å². The molecule has 1 amide bonds. The first-order valence-corrected chi connectivity index (χ1v) is 7.91. The van der Waals surface area contributed by atoms with Gasteiger partial charge in [0.15, 0.2) is 5.82 Å². The van der Waals surface area contributed by atoms with Gasteiger partial charge in [0.05, 0.1) is 0 Å². The van der Waals surface area contributed by atoms with E-state index in [9.17, 15) is 4.79 Å². The highest BCUT2D eigenvalue weighted by Gasteiger charge is 2.15. The van der Waals surface area contributed by atoms with Crippen LogP contribution in [-0.4, -0.2) is 27.5 Å². The predicted molar refractivity (Wildman–Crippen MR) is 91.3 cm³/mol. The Kier molecular flexibility index (Phi) is 4.70. The van der Waals surface area contributed by atoms with E-state index in [4.69, 9.17) is 4.52 Å². The minimum atomic E-state index is 0.00890. The summed E-state index contributed by atoms with van der Waals surface area (Å²) < 4.78 is 5.14. The van der Waals surface area contributed by atoms with Gasteiger partial charge >= 0.3 is 0 Å². The highest BCUT2D eigenvalue weighted by molar-refractivity contribution is 5.94. The van der Waals surface area contributed by atoms with Crippen LogP contribution in [-0.2, 0) is 6.54 Å². The van der Waals surface area contributed by atoms with E-state index >= 15 is 0 Å². The third-order valence-electron chi connectivity index (χ3n) is 3.79. The SMILES string of the molecule is CCN(Cc1ccccc1)C(=O)c1ccc(-c2nc(C)no2)cc1. The van der Waals surface area contributed by atoms with Crippen LogP contribution in [0.4, 0.5) is 0 Å². The monoisotopic (exact) mass is 321 g/mol. The van der Waals surface area contributed by atoms with Crippen molar-refractivity contribution in [3.63, 3.8) is 0 Å². The molecule has 0 saturated heterocycles. The van der Waals surface area contributed by atoms with Gasteiger partial charge in [0, 0.05) is 24.2 Å². The molecule has 0 spiro atoms. The third-order valence-corrected chi connectivity index (χ3v) is 3.79. The van der Waals surface area contributed by atoms with Gasteiger partial charge in [0.25, 0.3) is 11.8 Å². The fourth-order valence-corrected chi connectivity index (χ4v) is 2.48. The molecule has 0 fully saturated rings. The summed E-state index contributed by atoms with van der Waals surface area (Å²) in [5, 5.41) is 3.78. The van der Waals surface area contributed by atoms with Crippen LogP contribution in [0.3, 0.4) is 0 Å². The van der Waals surface area contributed by atoms with Gasteiger partial charge in [0.2, 0.25) is 0 Å². The maximum atomic E-state index is 12.7. The van der Waals surface area contributed by atoms with Crippen molar-refractivity contribution in [2.24, 2.45) is 0 Å². The van der Waals surface area contributed by atoms with Crippen molar-refractivity contribution >= 4 is 5.91 Å². The number of hydrogen-bond acceptors (Lipinski definition) is 4. The molecule has 1 heterocycles. The van der Waals surface area contributed by atoms with Crippen LogP contribution in [0.1, 0.15) is 28.7 Å². The Labute approximate surface area is 140 Å². The standard InChI is InChI=1S/C19H19N3O2/c1-3-22(13-15-7-5-4-6-8-15)19(23)17-11-9-16(10-12-17)18-20-14(2)21-24-18/h4-12H,3,13H2,1-2H3. The van der Waals surface area contributed by atoms with Crippen molar-refractivity contribution in [3.05, 3.63) is 71.5 Å². The Balaban J connectivity index is 1.76. The highest BCUT2D eigenvalue weighted by Crippen LogP contribution is 2.19. The first kappa shape index (κ1) is 15.9. The summed E-state index contributed by atoms with van der Waals surface area (Å²) in [6.07, 6.45) is 0. The zero-order chi connectivity index (χ0) is 16.9. The molecule has 0 bridgehead atoms. The van der Waals surface area contributed by atoms with Gasteiger partial charge in [-0.25, -0.2) is 0 Å². The number of benzene rings is 2. The molecule has 24 heavy (non-hydrogen) atoms. The summed E-state index contributed by atoms with van der Waals surface area (Å²) in [4.78, 5) is 18.7. The second-order valence-corrected chi connectivity index (χ2v) is 5.53. The van der Waals surface area contributed by atoms with Gasteiger partial charge < -0.3 is 9.42 Å². The van der Waals surface area contributed by atoms with Crippen LogP contribution in [0.15, 0.2) is 59.1 Å². The van der Waals surface area contributed by atoms with E-state index in [0.717, 1.165) is 11.1 Å². The van der Waals surface area contributed by atoms with E-state index < -0.39 is 0 Å². The average molecular weight is 321 g/mol. The Morgan fingerprint density at radius 1 is 1.08 bits per heavy atom. The number of carbonyl (C=O) groups is 1. The van der Waals surface area contributed by atoms with Gasteiger partial charge in [-0.05, 0) is 43.7 Å². The highest BCUT2D eigenvalue weighted by atomic mass is 16.5. The quantitative estimate of drug-likeness (QED) is 0.719. The van der Waals surface area contributed by atoms with Gasteiger partial charge in [-0.2, -0.15) is 4.98 Å². The fourth-order valence-electron chi connectivity index (χ4n) is 2.48. The Morgan fingerprint density at radius 3 is 2.38 bits per heavy atom. The molecule has 2 aromatic carbocycles. The maximum Gasteiger partial charge on any atom is 0.257 e. The van der Waals surface area contributed by atoms with E-state index in [2.05, 4.69) is 10.1 Å². The first-order chi connectivity index (χ1) is 11.7. The van der Waals surface area contributed by atoms with Crippen molar-refractivity contribution in [1.29, 1.82) is 0 Å². The van der Waals surface area contributed by atoms with Crippen LogP contribution in [0.25, 0.3) is 11.5 Å². The molecule has 0 aliphatic heterocycles. The van der Waals surface area contributed by atoms with Crippen molar-refractivity contribution in [3.8, 4) is 11.5 Å². The minimum Gasteiger partial charge on any atom is -0.335 e. The molecule has 0 atom stereocenters. The molecule has 3 aromatic rings. The molecule has 0 aliphatic rings. The molecule has 1 aromatic heterocycles. The van der Waals surface area contributed by atoms with Gasteiger partial charge in [-0.15, -0.1) is 0 Å². The summed E-state index contributed by atoms with van der Waals surface area (Å²) in [7, 11) is 0. The normalized spacial score (nSPS) is 10.6. The molecule has 0 unspecified atom stereocenters. The smallest absolute Gasteiger partial charge is 0.257 e. The summed E-state index contributed by atoms with van der Waals surface area (Å²) >= 11 is 0. The van der Waals surface area contributed by atoms with E-state index in [0.29, 0.717) is 30.4 Å². The van der Waals surface area contributed by atoms with Crippen LogP contribution in [0.2, 0.25) is 0 Å². The minimum absolute atomic E-state index is 0.00890. The summed E-state index contributed by atoms with van der Waals surface area (Å²) in [6, 6.07) is 17.2. The van der Waals surface area contributed by atoms with Crippen LogP contribution in [0.5, 0.6) is 0 Å². The van der Waals surface area contributed by atoms with Gasteiger partial charge in [-0.3, -0.25) is 4.79 Å². The third kappa shape index (κ3) is 3.51. The zero-order valence-corrected chi connectivity index (χ0v) is 13.8. The Morgan fingerprint density at radius 2 is 1.79 bits per heavy atom. The number of nitrogens with zero attached hydrogens (tertiary/aromatic N) is 3. The summed E-state index contributed by atoms with van der Waals surface area (Å²) in [5.41, 5.74) is 2.57. The average Bonchev–Trinajstić information content (AvgIpc) is 3.06. The lowest BCUT2D eigenvalue weighted by Crippen LogP contribution is -2.30. The largest absolute Gasteiger partial charge is 0.335 e. The van der Waals surface area contributed by atoms with Gasteiger partial charge in [0.1, 0.15) is 0 Å². The molecule has 0 N–H and O–H groups in total. The molecule has 5 nitrogen and oxygen atoms in total. The lowest BCUT2D eigenvalue weighted by atomic mass is 10.1. The molecular weight excluding hydrogens is 302 g/mol. The van der Waals surface area contributed by atoms with Crippen molar-refractivity contribution in [2.75, 3.05) is 6.54 Å². The van der Waals surface area contributed by atoms with Crippen molar-refractivity contribution < 1.29 is 9.32 Å². The molecule has 122 valence electrons. The number of aryl methyl sites for hydroxylation is 1. The summed E-state index contributed by atoms with van der Waals surface area (Å²) in [5.74, 6) is 1.06. The number of amides is 1. The Hall–Kier alpha value is -2.95. The number of aromatic nitrogens is 2. The van der Waals surface area contributed by atoms with E-state index in [1.54, 1.807) is 19.1 Å². The molecular formula is C19H19N3O2. The summed E-state index contributed by atoms with van der Waals surface area (Å²) in [6.45, 7) is 5.00. The van der Waals surface area contributed by atoms with E-state index in [1.807, 2.05) is 54.3 Å². The van der Waals surface area contributed by atoms with Gasteiger partial charge in [-0.1, -0.05) is 35.5 Å². The fraction of sp³-hybridized carbons (Fsp3) is 0.211. The maximum absolute atomic E-state index is 12.7. The second-order valence-electron chi connectivity index (χ2n) is 5.53. The van der Waals surface area contributed by atoms with Crippen LogP contribution >= 0.6 is 0 Å². The number of carbonyl (C=O) groups excluding carboxylic acids is 1. The number of rotatable bonds is 5. The zero-order valence-electron chi connectivity index (χ0n) is 13.8. The van der Waals surface area contributed by atoms with Crippen molar-refractivity contribution in [2.45, 2.75) is 20.4 Å². The Bertz CT molecular complexity index is 810. The lowest BCUT2D eigenvalue weighted by Gasteiger charge is -2.21. The lowest BCUT2D eigenvalue weighted by molar-refractivity contribution is 0.0752. The van der Waals surface area contributed by atoms with E-state index in [1.165, 1.54) is 0 Å². The van der Waals surface area contributed by atoms with Crippen LogP contribution < -0.4 is 0 Å². The second kappa shape index (κ2) is 7.08. The molecule has 0 aliphatic carbocycles. The first-order valence-electron chi connectivity index (χ1n) is 7.91. The predicted octanol–water partition coefficient (Wildman–Crippen LogP) is 3.71.